The second-order valence-corrected chi connectivity index (χ2v) is 7.84. The summed E-state index contributed by atoms with van der Waals surface area (Å²) in [7, 11) is 0. The second-order valence-electron chi connectivity index (χ2n) is 7.84. The smallest absolute Gasteiger partial charge is 0.236 e. The molecule has 1 aromatic carbocycles. The van der Waals surface area contributed by atoms with Crippen molar-refractivity contribution >= 4 is 5.91 Å². The topological polar surface area (TPSA) is 36.4 Å². The van der Waals surface area contributed by atoms with Gasteiger partial charge in [-0.15, -0.1) is 0 Å². The van der Waals surface area contributed by atoms with E-state index in [-0.39, 0.29) is 5.91 Å². The molecule has 1 aliphatic heterocycles. The second kappa shape index (κ2) is 9.83. The average Bonchev–Trinajstić information content (AvgIpc) is 2.69. The number of carbonyl (C=O) groups is 1. The molecule has 1 fully saturated rings. The van der Waals surface area contributed by atoms with Crippen LogP contribution in [0.15, 0.2) is 42.5 Å². The minimum absolute atomic E-state index is 0.243. The lowest BCUT2D eigenvalue weighted by Crippen LogP contribution is -2.43. The summed E-state index contributed by atoms with van der Waals surface area (Å²) in [6, 6.07) is 15.1. The third-order valence-electron chi connectivity index (χ3n) is 5.68. The van der Waals surface area contributed by atoms with E-state index in [9.17, 15) is 4.79 Å². The van der Waals surface area contributed by atoms with Crippen LogP contribution in [0.2, 0.25) is 0 Å². The van der Waals surface area contributed by atoms with Gasteiger partial charge in [-0.2, -0.15) is 0 Å². The quantitative estimate of drug-likeness (QED) is 0.729. The van der Waals surface area contributed by atoms with Gasteiger partial charge >= 0.3 is 0 Å². The predicted molar refractivity (Wildman–Crippen MR) is 115 cm³/mol. The molecule has 1 atom stereocenters. The molecule has 0 radical (unpaired) electrons. The fraction of sp³-hybridized carbons (Fsp3) is 0.500. The van der Waals surface area contributed by atoms with E-state index in [0.717, 1.165) is 51.1 Å². The van der Waals surface area contributed by atoms with Crippen molar-refractivity contribution in [2.24, 2.45) is 0 Å². The van der Waals surface area contributed by atoms with Gasteiger partial charge in [0, 0.05) is 36.9 Å². The standard InChI is InChI=1S/C24H33N3O/c1-4-27(5-2)24(28)18-26-13-9-12-22(17-26)23-16-21(14-19(3)25-23)15-20-10-7-6-8-11-20/h6-8,10-11,14,16,22H,4-5,9,12-13,15,17-18H2,1-3H3/t22-/m1/s1. The molecule has 1 amide bonds. The number of hydrogen-bond acceptors (Lipinski definition) is 3. The van der Waals surface area contributed by atoms with E-state index in [0.29, 0.717) is 12.5 Å². The number of likely N-dealkylation sites (tertiary alicyclic amines) is 1. The number of aromatic nitrogens is 1. The first-order chi connectivity index (χ1) is 13.6. The van der Waals surface area contributed by atoms with Gasteiger partial charge < -0.3 is 4.90 Å². The zero-order chi connectivity index (χ0) is 19.9. The third-order valence-corrected chi connectivity index (χ3v) is 5.68. The lowest BCUT2D eigenvalue weighted by molar-refractivity contribution is -0.132. The molecular weight excluding hydrogens is 346 g/mol. The first-order valence-corrected chi connectivity index (χ1v) is 10.6. The van der Waals surface area contributed by atoms with Crippen LogP contribution in [0.25, 0.3) is 0 Å². The van der Waals surface area contributed by atoms with Crippen molar-refractivity contribution in [2.45, 2.75) is 46.0 Å². The largest absolute Gasteiger partial charge is 0.342 e. The predicted octanol–water partition coefficient (Wildman–Crippen LogP) is 4.03. The van der Waals surface area contributed by atoms with E-state index < -0.39 is 0 Å². The Morgan fingerprint density at radius 2 is 1.89 bits per heavy atom. The van der Waals surface area contributed by atoms with Gasteiger partial charge in [-0.3, -0.25) is 14.7 Å². The Labute approximate surface area is 169 Å². The molecule has 0 unspecified atom stereocenters. The maximum atomic E-state index is 12.5. The van der Waals surface area contributed by atoms with Gasteiger partial charge in [-0.25, -0.2) is 0 Å². The van der Waals surface area contributed by atoms with Gasteiger partial charge in [0.1, 0.15) is 0 Å². The van der Waals surface area contributed by atoms with Crippen molar-refractivity contribution in [1.29, 1.82) is 0 Å². The summed E-state index contributed by atoms with van der Waals surface area (Å²) in [4.78, 5) is 21.6. The molecule has 0 aliphatic carbocycles. The van der Waals surface area contributed by atoms with E-state index in [1.165, 1.54) is 16.8 Å². The van der Waals surface area contributed by atoms with Crippen molar-refractivity contribution in [3.63, 3.8) is 0 Å². The highest BCUT2D eigenvalue weighted by Gasteiger charge is 2.25. The molecule has 4 heteroatoms. The van der Waals surface area contributed by atoms with Gasteiger partial charge in [0.05, 0.1) is 6.54 Å². The molecule has 0 bridgehead atoms. The Bertz CT molecular complexity index is 771. The Morgan fingerprint density at radius 3 is 2.61 bits per heavy atom. The van der Waals surface area contributed by atoms with E-state index in [1.54, 1.807) is 0 Å². The lowest BCUT2D eigenvalue weighted by Gasteiger charge is -2.33. The SMILES string of the molecule is CCN(CC)C(=O)CN1CCC[C@@H](c2cc(Cc3ccccc3)cc(C)n2)C1. The lowest BCUT2D eigenvalue weighted by atomic mass is 9.92. The number of rotatable bonds is 7. The van der Waals surface area contributed by atoms with Gasteiger partial charge in [0.25, 0.3) is 0 Å². The van der Waals surface area contributed by atoms with Crippen molar-refractivity contribution in [3.8, 4) is 0 Å². The summed E-state index contributed by atoms with van der Waals surface area (Å²) in [5.41, 5.74) is 4.92. The molecule has 3 rings (SSSR count). The molecule has 0 spiro atoms. The Hall–Kier alpha value is -2.20. The van der Waals surface area contributed by atoms with E-state index in [2.05, 4.69) is 54.3 Å². The van der Waals surface area contributed by atoms with Crippen molar-refractivity contribution in [2.75, 3.05) is 32.7 Å². The molecule has 1 aliphatic rings. The molecular formula is C24H33N3O. The highest BCUT2D eigenvalue weighted by Crippen LogP contribution is 2.27. The number of amides is 1. The molecule has 1 aromatic heterocycles. The number of benzene rings is 1. The van der Waals surface area contributed by atoms with E-state index in [4.69, 9.17) is 4.98 Å². The minimum atomic E-state index is 0.243. The third kappa shape index (κ3) is 5.41. The Kier molecular flexibility index (Phi) is 7.21. The maximum Gasteiger partial charge on any atom is 0.236 e. The van der Waals surface area contributed by atoms with Crippen LogP contribution in [0.5, 0.6) is 0 Å². The van der Waals surface area contributed by atoms with Crippen LogP contribution in [-0.2, 0) is 11.2 Å². The number of pyridine rings is 1. The monoisotopic (exact) mass is 379 g/mol. The molecule has 1 saturated heterocycles. The van der Waals surface area contributed by atoms with Gasteiger partial charge in [-0.1, -0.05) is 30.3 Å². The number of carbonyl (C=O) groups excluding carboxylic acids is 1. The molecule has 150 valence electrons. The summed E-state index contributed by atoms with van der Waals surface area (Å²) in [6.07, 6.45) is 3.21. The first kappa shape index (κ1) is 20.5. The molecule has 2 heterocycles. The van der Waals surface area contributed by atoms with Crippen molar-refractivity contribution in [3.05, 3.63) is 65.0 Å². The van der Waals surface area contributed by atoms with Crippen LogP contribution in [0.4, 0.5) is 0 Å². The summed E-state index contributed by atoms with van der Waals surface area (Å²) < 4.78 is 0. The summed E-state index contributed by atoms with van der Waals surface area (Å²) in [6.45, 7) is 10.2. The van der Waals surface area contributed by atoms with Gasteiger partial charge in [0.2, 0.25) is 5.91 Å². The fourth-order valence-corrected chi connectivity index (χ4v) is 4.22. The molecule has 2 aromatic rings. The fourth-order valence-electron chi connectivity index (χ4n) is 4.22. The van der Waals surface area contributed by atoms with Crippen molar-refractivity contribution in [1.82, 2.24) is 14.8 Å². The number of piperidine rings is 1. The summed E-state index contributed by atoms with van der Waals surface area (Å²) in [5, 5.41) is 0. The Balaban J connectivity index is 1.69. The highest BCUT2D eigenvalue weighted by molar-refractivity contribution is 5.78. The van der Waals surface area contributed by atoms with Crippen LogP contribution in [0.1, 0.15) is 55.1 Å². The normalized spacial score (nSPS) is 17.5. The number of likely N-dealkylation sites (N-methyl/N-ethyl adjacent to an activating group) is 1. The number of aryl methyl sites for hydroxylation is 1. The zero-order valence-electron chi connectivity index (χ0n) is 17.5. The van der Waals surface area contributed by atoms with Gasteiger partial charge in [0.15, 0.2) is 0 Å². The molecule has 0 N–H and O–H groups in total. The molecule has 4 nitrogen and oxygen atoms in total. The summed E-state index contributed by atoms with van der Waals surface area (Å²) >= 11 is 0. The molecule has 0 saturated carbocycles. The van der Waals surface area contributed by atoms with Crippen LogP contribution in [0, 0.1) is 6.92 Å². The van der Waals surface area contributed by atoms with E-state index >= 15 is 0 Å². The first-order valence-electron chi connectivity index (χ1n) is 10.6. The zero-order valence-corrected chi connectivity index (χ0v) is 17.5. The van der Waals surface area contributed by atoms with Crippen LogP contribution in [-0.4, -0.2) is 53.4 Å². The minimum Gasteiger partial charge on any atom is -0.342 e. The Morgan fingerprint density at radius 1 is 1.14 bits per heavy atom. The average molecular weight is 380 g/mol. The number of nitrogens with zero attached hydrogens (tertiary/aromatic N) is 3. The van der Waals surface area contributed by atoms with Gasteiger partial charge in [-0.05, 0) is 69.8 Å². The van der Waals surface area contributed by atoms with Crippen LogP contribution in [0.3, 0.4) is 0 Å². The van der Waals surface area contributed by atoms with Crippen LogP contribution >= 0.6 is 0 Å². The summed E-state index contributed by atoms with van der Waals surface area (Å²) in [5.74, 6) is 0.653. The van der Waals surface area contributed by atoms with Crippen molar-refractivity contribution < 1.29 is 4.79 Å². The maximum absolute atomic E-state index is 12.5. The molecule has 28 heavy (non-hydrogen) atoms. The highest BCUT2D eigenvalue weighted by atomic mass is 16.2. The van der Waals surface area contributed by atoms with Crippen LogP contribution < -0.4 is 0 Å². The number of hydrogen-bond donors (Lipinski definition) is 0. The van der Waals surface area contributed by atoms with E-state index in [1.807, 2.05) is 18.7 Å².